The lowest BCUT2D eigenvalue weighted by atomic mass is 10.3. The van der Waals surface area contributed by atoms with Crippen molar-refractivity contribution in [3.05, 3.63) is 22.4 Å². The summed E-state index contributed by atoms with van der Waals surface area (Å²) in [7, 11) is 1.47. The number of amidine groups is 1. The molecule has 0 radical (unpaired) electrons. The first-order valence-electron chi connectivity index (χ1n) is 4.43. The monoisotopic (exact) mass is 317 g/mol. The number of halogens is 2. The topological polar surface area (TPSA) is 57.4 Å². The van der Waals surface area contributed by atoms with Gasteiger partial charge in [-0.1, -0.05) is 11.8 Å². The molecule has 0 atom stereocenters. The molecule has 0 saturated carbocycles. The van der Waals surface area contributed by atoms with Gasteiger partial charge in [0.2, 0.25) is 0 Å². The van der Waals surface area contributed by atoms with E-state index in [9.17, 15) is 4.39 Å². The normalized spacial score (nSPS) is 10.9. The number of nitriles is 1. The van der Waals surface area contributed by atoms with Gasteiger partial charge in [-0.2, -0.15) is 5.26 Å². The van der Waals surface area contributed by atoms with Crippen molar-refractivity contribution in [1.29, 1.82) is 5.26 Å². The fourth-order valence-electron chi connectivity index (χ4n) is 1.11. The lowest BCUT2D eigenvalue weighted by Crippen LogP contribution is -2.12. The maximum absolute atomic E-state index is 13.2. The van der Waals surface area contributed by atoms with Crippen LogP contribution in [0.25, 0.3) is 0 Å². The van der Waals surface area contributed by atoms with Crippen molar-refractivity contribution in [2.75, 3.05) is 13.4 Å². The molecule has 1 aromatic rings. The summed E-state index contributed by atoms with van der Waals surface area (Å²) in [5.74, 6) is -0.0217. The number of thioether (sulfide) groups is 1. The first kappa shape index (κ1) is 13.8. The Bertz CT molecular complexity index is 487. The van der Waals surface area contributed by atoms with Crippen molar-refractivity contribution in [3.63, 3.8) is 0 Å². The average Bonchev–Trinajstić information content (AvgIpc) is 2.28. The highest BCUT2D eigenvalue weighted by Crippen LogP contribution is 2.36. The Morgan fingerprint density at radius 3 is 2.88 bits per heavy atom. The molecule has 0 fully saturated rings. The molecule has 0 spiro atoms. The van der Waals surface area contributed by atoms with Crippen LogP contribution in [0.1, 0.15) is 0 Å². The Balaban J connectivity index is 3.25. The van der Waals surface area contributed by atoms with Crippen LogP contribution in [0.2, 0.25) is 0 Å². The zero-order valence-corrected chi connectivity index (χ0v) is 11.5. The van der Waals surface area contributed by atoms with Gasteiger partial charge in [0.25, 0.3) is 0 Å². The lowest BCUT2D eigenvalue weighted by Gasteiger charge is -2.08. The number of benzene rings is 1. The molecule has 0 saturated heterocycles. The molecule has 0 heterocycles. The smallest absolute Gasteiger partial charge is 0.183 e. The zero-order chi connectivity index (χ0) is 12.8. The van der Waals surface area contributed by atoms with Crippen LogP contribution in [0.3, 0.4) is 0 Å². The minimum Gasteiger partial charge on any atom is -0.493 e. The summed E-state index contributed by atoms with van der Waals surface area (Å²) < 4.78 is 18.8. The summed E-state index contributed by atoms with van der Waals surface area (Å²) >= 11 is 4.43. The summed E-state index contributed by atoms with van der Waals surface area (Å²) in [5, 5.41) is 11.3. The molecule has 0 aliphatic heterocycles. The van der Waals surface area contributed by atoms with Crippen LogP contribution in [0.5, 0.6) is 5.75 Å². The number of aliphatic imine (C=N–C) groups is 1. The van der Waals surface area contributed by atoms with Crippen LogP contribution >= 0.6 is 27.7 Å². The predicted octanol–water partition coefficient (Wildman–Crippen LogP) is 3.02. The van der Waals surface area contributed by atoms with Crippen LogP contribution in [-0.4, -0.2) is 18.5 Å². The number of hydrogen-bond donors (Lipinski definition) is 1. The van der Waals surface area contributed by atoms with Gasteiger partial charge in [0, 0.05) is 6.07 Å². The predicted molar refractivity (Wildman–Crippen MR) is 70.0 cm³/mol. The highest BCUT2D eigenvalue weighted by molar-refractivity contribution is 9.10. The first-order chi connectivity index (χ1) is 8.12. The van der Waals surface area contributed by atoms with Gasteiger partial charge >= 0.3 is 0 Å². The largest absolute Gasteiger partial charge is 0.493 e. The minimum atomic E-state index is -0.436. The van der Waals surface area contributed by atoms with Gasteiger partial charge in [-0.05, 0) is 28.3 Å². The van der Waals surface area contributed by atoms with Crippen molar-refractivity contribution in [2.45, 2.75) is 0 Å². The Hall–Kier alpha value is -1.26. The second-order valence-corrected chi connectivity index (χ2v) is 4.45. The second-order valence-electron chi connectivity index (χ2n) is 2.80. The molecule has 0 unspecified atom stereocenters. The van der Waals surface area contributed by atoms with Crippen molar-refractivity contribution < 1.29 is 9.13 Å². The molecule has 7 heteroatoms. The zero-order valence-electron chi connectivity index (χ0n) is 9.12. The van der Waals surface area contributed by atoms with Crippen molar-refractivity contribution in [1.82, 2.24) is 5.32 Å². The van der Waals surface area contributed by atoms with E-state index in [0.717, 1.165) is 0 Å². The average molecular weight is 318 g/mol. The molecule has 0 aliphatic rings. The van der Waals surface area contributed by atoms with Gasteiger partial charge < -0.3 is 4.74 Å². The molecule has 1 rings (SSSR count). The molecule has 0 amide bonds. The highest BCUT2D eigenvalue weighted by atomic mass is 79.9. The van der Waals surface area contributed by atoms with Crippen molar-refractivity contribution >= 4 is 38.5 Å². The van der Waals surface area contributed by atoms with E-state index in [4.69, 9.17) is 10.00 Å². The van der Waals surface area contributed by atoms with E-state index in [2.05, 4.69) is 26.2 Å². The standard InChI is InChI=1S/C10H9BrFN3OS/c1-16-9-7(11)3-6(12)4-8(9)15-10(17-2)14-5-13/h3-4H,1-2H3,(H,14,15). The Morgan fingerprint density at radius 2 is 2.35 bits per heavy atom. The Kier molecular flexibility index (Phi) is 5.25. The molecule has 0 bridgehead atoms. The highest BCUT2D eigenvalue weighted by Gasteiger charge is 2.10. The number of rotatable bonds is 2. The quantitative estimate of drug-likeness (QED) is 0.394. The fourth-order valence-corrected chi connectivity index (χ4v) is 2.03. The van der Waals surface area contributed by atoms with Crippen LogP contribution in [0.15, 0.2) is 21.6 Å². The van der Waals surface area contributed by atoms with Crippen LogP contribution in [-0.2, 0) is 0 Å². The fraction of sp³-hybridized carbons (Fsp3) is 0.200. The van der Waals surface area contributed by atoms with Gasteiger partial charge in [0.1, 0.15) is 11.5 Å². The van der Waals surface area contributed by atoms with E-state index in [1.807, 2.05) is 0 Å². The van der Waals surface area contributed by atoms with E-state index in [1.165, 1.54) is 31.0 Å². The molecular formula is C10H9BrFN3OS. The number of nitrogens with zero attached hydrogens (tertiary/aromatic N) is 2. The SMILES string of the molecule is COc1c(Br)cc(F)cc1N=C(NC#N)SC. The van der Waals surface area contributed by atoms with Crippen molar-refractivity contribution in [2.24, 2.45) is 4.99 Å². The molecule has 1 N–H and O–H groups in total. The molecule has 1 aromatic carbocycles. The van der Waals surface area contributed by atoms with E-state index in [1.54, 1.807) is 12.4 Å². The molecule has 0 aliphatic carbocycles. The van der Waals surface area contributed by atoms with E-state index >= 15 is 0 Å². The number of ether oxygens (including phenoxy) is 1. The van der Waals surface area contributed by atoms with Gasteiger partial charge in [-0.3, -0.25) is 5.32 Å². The molecular weight excluding hydrogens is 309 g/mol. The molecule has 17 heavy (non-hydrogen) atoms. The maximum Gasteiger partial charge on any atom is 0.183 e. The van der Waals surface area contributed by atoms with E-state index in [0.29, 0.717) is 21.1 Å². The number of nitrogens with one attached hydrogen (secondary N) is 1. The second kappa shape index (κ2) is 6.47. The van der Waals surface area contributed by atoms with E-state index < -0.39 is 5.82 Å². The van der Waals surface area contributed by atoms with Crippen molar-refractivity contribution in [3.8, 4) is 11.9 Å². The Labute approximate surface area is 111 Å². The minimum absolute atomic E-state index is 0.312. The molecule has 90 valence electrons. The first-order valence-corrected chi connectivity index (χ1v) is 6.45. The summed E-state index contributed by atoms with van der Waals surface area (Å²) in [6.07, 6.45) is 3.51. The van der Waals surface area contributed by atoms with Crippen LogP contribution in [0, 0.1) is 17.3 Å². The summed E-state index contributed by atoms with van der Waals surface area (Å²) in [6, 6.07) is 2.52. The number of hydrogen-bond acceptors (Lipinski definition) is 4. The van der Waals surface area contributed by atoms with Gasteiger partial charge in [-0.15, -0.1) is 0 Å². The maximum atomic E-state index is 13.2. The van der Waals surface area contributed by atoms with Gasteiger partial charge in [-0.25, -0.2) is 9.38 Å². The van der Waals surface area contributed by atoms with Gasteiger partial charge in [0.15, 0.2) is 17.1 Å². The summed E-state index contributed by atoms with van der Waals surface area (Å²) in [6.45, 7) is 0. The third kappa shape index (κ3) is 3.61. The Morgan fingerprint density at radius 1 is 1.65 bits per heavy atom. The molecule has 0 aromatic heterocycles. The van der Waals surface area contributed by atoms with Crippen LogP contribution < -0.4 is 10.1 Å². The molecule has 4 nitrogen and oxygen atoms in total. The summed E-state index contributed by atoms with van der Waals surface area (Å²) in [4.78, 5) is 4.11. The summed E-state index contributed by atoms with van der Waals surface area (Å²) in [5.41, 5.74) is 0.312. The van der Waals surface area contributed by atoms with Crippen LogP contribution in [0.4, 0.5) is 10.1 Å². The lowest BCUT2D eigenvalue weighted by molar-refractivity contribution is 0.412. The third-order valence-electron chi connectivity index (χ3n) is 1.77. The third-order valence-corrected chi connectivity index (χ3v) is 2.94. The number of methoxy groups -OCH3 is 1. The van der Waals surface area contributed by atoms with Gasteiger partial charge in [0.05, 0.1) is 11.6 Å². The van der Waals surface area contributed by atoms with E-state index in [-0.39, 0.29) is 0 Å².